The Kier molecular flexibility index (Phi) is 6.34. The van der Waals surface area contributed by atoms with Crippen LogP contribution in [0, 0.1) is 0 Å². The molecule has 12 heavy (non-hydrogen) atoms. The van der Waals surface area contributed by atoms with Crippen LogP contribution in [0.2, 0.25) is 0 Å². The molecule has 1 N–H and O–H groups in total. The van der Waals surface area contributed by atoms with Crippen molar-refractivity contribution < 1.29 is 9.59 Å². The maximum atomic E-state index is 10.8. The maximum absolute atomic E-state index is 10.8. The lowest BCUT2D eigenvalue weighted by Crippen LogP contribution is -2.23. The Hall–Kier alpha value is -0.860. The maximum Gasteiger partial charge on any atom is 0.219 e. The van der Waals surface area contributed by atoms with E-state index in [-0.39, 0.29) is 11.7 Å². The molecular formula is C9H17NO2. The molecule has 70 valence electrons. The van der Waals surface area contributed by atoms with Crippen molar-refractivity contribution in [1.29, 1.82) is 0 Å². The van der Waals surface area contributed by atoms with E-state index in [4.69, 9.17) is 0 Å². The first-order valence-electron chi connectivity index (χ1n) is 4.49. The summed E-state index contributed by atoms with van der Waals surface area (Å²) in [4.78, 5) is 21.5. The van der Waals surface area contributed by atoms with Crippen LogP contribution in [0.1, 0.15) is 39.5 Å². The fourth-order valence-corrected chi connectivity index (χ4v) is 0.815. The molecule has 0 fully saturated rings. The number of carbonyl (C=O) groups is 2. The average Bonchev–Trinajstić information content (AvgIpc) is 2.11. The Morgan fingerprint density at radius 1 is 1.17 bits per heavy atom. The summed E-state index contributed by atoms with van der Waals surface area (Å²) in [6.07, 6.45) is 2.46. The van der Waals surface area contributed by atoms with E-state index in [1.807, 2.05) is 13.8 Å². The lowest BCUT2D eigenvalue weighted by Gasteiger charge is -2.01. The lowest BCUT2D eigenvalue weighted by molar-refractivity contribution is -0.121. The van der Waals surface area contributed by atoms with Crippen molar-refractivity contribution in [3.63, 3.8) is 0 Å². The van der Waals surface area contributed by atoms with Crippen molar-refractivity contribution in [3.05, 3.63) is 0 Å². The minimum atomic E-state index is 0.0546. The molecule has 3 heteroatoms. The zero-order valence-corrected chi connectivity index (χ0v) is 7.85. The summed E-state index contributed by atoms with van der Waals surface area (Å²) in [5, 5.41) is 2.72. The predicted molar refractivity (Wildman–Crippen MR) is 47.8 cm³/mol. The first-order chi connectivity index (χ1) is 5.70. The highest BCUT2D eigenvalue weighted by Crippen LogP contribution is 1.92. The van der Waals surface area contributed by atoms with E-state index >= 15 is 0 Å². The molecule has 0 unspecified atom stereocenters. The molecule has 0 atom stereocenters. The average molecular weight is 171 g/mol. The summed E-state index contributed by atoms with van der Waals surface area (Å²) < 4.78 is 0. The molecule has 0 heterocycles. The Morgan fingerprint density at radius 3 is 2.33 bits per heavy atom. The van der Waals surface area contributed by atoms with E-state index in [1.165, 1.54) is 0 Å². The molecule has 3 nitrogen and oxygen atoms in total. The second-order valence-electron chi connectivity index (χ2n) is 2.70. The van der Waals surface area contributed by atoms with Crippen molar-refractivity contribution in [3.8, 4) is 0 Å². The van der Waals surface area contributed by atoms with Crippen molar-refractivity contribution in [2.75, 3.05) is 6.54 Å². The van der Waals surface area contributed by atoms with Gasteiger partial charge in [-0.05, 0) is 6.42 Å². The Morgan fingerprint density at radius 2 is 1.83 bits per heavy atom. The van der Waals surface area contributed by atoms with Crippen molar-refractivity contribution in [1.82, 2.24) is 5.32 Å². The van der Waals surface area contributed by atoms with E-state index < -0.39 is 0 Å². The van der Waals surface area contributed by atoms with Crippen LogP contribution in [0.5, 0.6) is 0 Å². The minimum Gasteiger partial charge on any atom is -0.356 e. The molecule has 0 spiro atoms. The zero-order valence-electron chi connectivity index (χ0n) is 7.85. The summed E-state index contributed by atoms with van der Waals surface area (Å²) in [6, 6.07) is 0. The first-order valence-corrected chi connectivity index (χ1v) is 4.49. The molecular weight excluding hydrogens is 154 g/mol. The van der Waals surface area contributed by atoms with Gasteiger partial charge < -0.3 is 5.32 Å². The van der Waals surface area contributed by atoms with Crippen LogP contribution in [0.25, 0.3) is 0 Å². The summed E-state index contributed by atoms with van der Waals surface area (Å²) in [5.41, 5.74) is 0. The zero-order chi connectivity index (χ0) is 9.40. The van der Waals surface area contributed by atoms with Crippen LogP contribution < -0.4 is 5.32 Å². The van der Waals surface area contributed by atoms with E-state index in [0.717, 1.165) is 6.42 Å². The molecule has 0 saturated carbocycles. The van der Waals surface area contributed by atoms with E-state index in [0.29, 0.717) is 25.8 Å². The van der Waals surface area contributed by atoms with Crippen molar-refractivity contribution in [2.45, 2.75) is 39.5 Å². The Labute approximate surface area is 73.5 Å². The SMILES string of the molecule is CCC(=O)CCCNC(=O)CC. The largest absolute Gasteiger partial charge is 0.356 e. The molecule has 0 bridgehead atoms. The lowest BCUT2D eigenvalue weighted by atomic mass is 10.2. The van der Waals surface area contributed by atoms with Gasteiger partial charge in [0.15, 0.2) is 0 Å². The quantitative estimate of drug-likeness (QED) is 0.612. The number of carbonyl (C=O) groups excluding carboxylic acids is 2. The van der Waals surface area contributed by atoms with E-state index in [9.17, 15) is 9.59 Å². The van der Waals surface area contributed by atoms with Gasteiger partial charge >= 0.3 is 0 Å². The van der Waals surface area contributed by atoms with E-state index in [2.05, 4.69) is 5.32 Å². The van der Waals surface area contributed by atoms with Crippen LogP contribution in [0.4, 0.5) is 0 Å². The second-order valence-corrected chi connectivity index (χ2v) is 2.70. The molecule has 0 saturated heterocycles. The fourth-order valence-electron chi connectivity index (χ4n) is 0.815. The summed E-state index contributed by atoms with van der Waals surface area (Å²) in [7, 11) is 0. The van der Waals surface area contributed by atoms with Gasteiger partial charge in [-0.3, -0.25) is 9.59 Å². The van der Waals surface area contributed by atoms with Crippen LogP contribution in [-0.2, 0) is 9.59 Å². The normalized spacial score (nSPS) is 9.50. The molecule has 0 aromatic carbocycles. The van der Waals surface area contributed by atoms with Crippen molar-refractivity contribution in [2.24, 2.45) is 0 Å². The molecule has 0 rings (SSSR count). The number of hydrogen-bond donors (Lipinski definition) is 1. The molecule has 1 amide bonds. The van der Waals surface area contributed by atoms with Gasteiger partial charge in [0.1, 0.15) is 5.78 Å². The van der Waals surface area contributed by atoms with Crippen LogP contribution in [-0.4, -0.2) is 18.2 Å². The van der Waals surface area contributed by atoms with Crippen LogP contribution >= 0.6 is 0 Å². The highest BCUT2D eigenvalue weighted by atomic mass is 16.1. The highest BCUT2D eigenvalue weighted by Gasteiger charge is 1.98. The van der Waals surface area contributed by atoms with Gasteiger partial charge in [-0.25, -0.2) is 0 Å². The number of Topliss-reactive ketones (excluding diaryl/α,β-unsaturated/α-hetero) is 1. The molecule has 0 aromatic heterocycles. The number of amides is 1. The number of ketones is 1. The second kappa shape index (κ2) is 6.83. The summed E-state index contributed by atoms with van der Waals surface area (Å²) >= 11 is 0. The van der Waals surface area contributed by atoms with Gasteiger partial charge in [0.2, 0.25) is 5.91 Å². The van der Waals surface area contributed by atoms with E-state index in [1.54, 1.807) is 0 Å². The number of rotatable bonds is 6. The predicted octanol–water partition coefficient (Wildman–Crippen LogP) is 1.27. The third kappa shape index (κ3) is 5.89. The van der Waals surface area contributed by atoms with Gasteiger partial charge in [0.05, 0.1) is 0 Å². The molecule has 0 aliphatic heterocycles. The third-order valence-corrected chi connectivity index (χ3v) is 1.67. The summed E-state index contributed by atoms with van der Waals surface area (Å²) in [6.45, 7) is 4.29. The number of hydrogen-bond acceptors (Lipinski definition) is 2. The Bertz CT molecular complexity index is 137. The standard InChI is InChI=1S/C9H17NO2/c1-3-8(11)6-5-7-10-9(12)4-2/h3-7H2,1-2H3,(H,10,12). The summed E-state index contributed by atoms with van der Waals surface area (Å²) in [5.74, 6) is 0.319. The Balaban J connectivity index is 3.21. The minimum absolute atomic E-state index is 0.0546. The molecule has 0 aliphatic carbocycles. The fraction of sp³-hybridized carbons (Fsp3) is 0.778. The van der Waals surface area contributed by atoms with Crippen LogP contribution in [0.15, 0.2) is 0 Å². The van der Waals surface area contributed by atoms with Crippen molar-refractivity contribution >= 4 is 11.7 Å². The molecule has 0 aromatic rings. The highest BCUT2D eigenvalue weighted by molar-refractivity contribution is 5.78. The van der Waals surface area contributed by atoms with Gasteiger partial charge in [-0.2, -0.15) is 0 Å². The van der Waals surface area contributed by atoms with Crippen LogP contribution in [0.3, 0.4) is 0 Å². The van der Waals surface area contributed by atoms with Gasteiger partial charge in [0, 0.05) is 25.8 Å². The smallest absolute Gasteiger partial charge is 0.219 e. The third-order valence-electron chi connectivity index (χ3n) is 1.67. The molecule has 0 aliphatic rings. The van der Waals surface area contributed by atoms with Gasteiger partial charge in [0.25, 0.3) is 0 Å². The number of nitrogens with one attached hydrogen (secondary N) is 1. The topological polar surface area (TPSA) is 46.2 Å². The molecule has 0 radical (unpaired) electrons. The first kappa shape index (κ1) is 11.1. The van der Waals surface area contributed by atoms with Gasteiger partial charge in [-0.1, -0.05) is 13.8 Å². The monoisotopic (exact) mass is 171 g/mol. The van der Waals surface area contributed by atoms with Gasteiger partial charge in [-0.15, -0.1) is 0 Å².